The maximum atomic E-state index is 13.1. The molecule has 0 N–H and O–H groups in total. The Balaban J connectivity index is 1.71. The quantitative estimate of drug-likeness (QED) is 0.428. The van der Waals surface area contributed by atoms with E-state index in [1.165, 1.54) is 0 Å². The maximum absolute atomic E-state index is 13.1. The molecule has 5 nitrogen and oxygen atoms in total. The Labute approximate surface area is 160 Å². The molecule has 0 aliphatic rings. The fraction of sp³-hybridized carbons (Fsp3) is 0.158. The number of nitrogens with zero attached hydrogens (tertiary/aromatic N) is 5. The van der Waals surface area contributed by atoms with E-state index in [0.717, 1.165) is 23.0 Å². The van der Waals surface area contributed by atoms with Crippen LogP contribution < -0.4 is 0 Å². The van der Waals surface area contributed by atoms with E-state index in [0.29, 0.717) is 43.9 Å². The molecular weight excluding hydrogens is 387 g/mol. The molecule has 5 aromatic rings. The summed E-state index contributed by atoms with van der Waals surface area (Å²) in [6.07, 6.45) is -2.39. The molecule has 4 aromatic heterocycles. The Kier molecular flexibility index (Phi) is 3.63. The van der Waals surface area contributed by atoms with Gasteiger partial charge in [0.05, 0.1) is 5.52 Å². The number of thiophene rings is 1. The number of rotatable bonds is 2. The van der Waals surface area contributed by atoms with Gasteiger partial charge in [0.1, 0.15) is 21.6 Å². The van der Waals surface area contributed by atoms with Crippen molar-refractivity contribution in [1.29, 1.82) is 0 Å². The summed E-state index contributed by atoms with van der Waals surface area (Å²) < 4.78 is 41.6. The van der Waals surface area contributed by atoms with Crippen molar-refractivity contribution >= 4 is 37.4 Å². The van der Waals surface area contributed by atoms with Crippen LogP contribution in [0.3, 0.4) is 0 Å². The normalized spacial score (nSPS) is 12.4. The fourth-order valence-corrected chi connectivity index (χ4v) is 4.43. The van der Waals surface area contributed by atoms with Crippen molar-refractivity contribution in [2.75, 3.05) is 0 Å². The molecule has 0 fully saturated rings. The van der Waals surface area contributed by atoms with Crippen LogP contribution in [0, 0.1) is 6.92 Å². The number of alkyl halides is 3. The molecule has 0 bridgehead atoms. The summed E-state index contributed by atoms with van der Waals surface area (Å²) in [5.74, 6) is 0.624. The Hall–Kier alpha value is -3.07. The van der Waals surface area contributed by atoms with E-state index in [2.05, 4.69) is 20.1 Å². The molecule has 0 aliphatic carbocycles. The number of hydrogen-bond acceptors (Lipinski definition) is 5. The lowest BCUT2D eigenvalue weighted by Gasteiger charge is -2.06. The molecule has 9 heteroatoms. The third-order valence-corrected chi connectivity index (χ3v) is 5.57. The van der Waals surface area contributed by atoms with Gasteiger partial charge >= 0.3 is 6.18 Å². The van der Waals surface area contributed by atoms with Gasteiger partial charge in [0.15, 0.2) is 11.5 Å². The summed E-state index contributed by atoms with van der Waals surface area (Å²) >= 11 is 1.16. The molecular formula is C19H12F3N5S. The average molecular weight is 399 g/mol. The highest BCUT2D eigenvalue weighted by Gasteiger charge is 2.33. The number of pyridine rings is 1. The predicted molar refractivity (Wildman–Crippen MR) is 100 cm³/mol. The highest BCUT2D eigenvalue weighted by Crippen LogP contribution is 2.38. The van der Waals surface area contributed by atoms with E-state index in [9.17, 15) is 13.2 Å². The van der Waals surface area contributed by atoms with Gasteiger partial charge in [0.2, 0.25) is 0 Å². The van der Waals surface area contributed by atoms with Crippen LogP contribution >= 0.6 is 11.3 Å². The largest absolute Gasteiger partial charge is 0.433 e. The number of halogens is 3. The van der Waals surface area contributed by atoms with Crippen molar-refractivity contribution in [2.45, 2.75) is 19.5 Å². The van der Waals surface area contributed by atoms with Crippen molar-refractivity contribution < 1.29 is 13.2 Å². The summed E-state index contributed by atoms with van der Waals surface area (Å²) in [7, 11) is 0. The van der Waals surface area contributed by atoms with E-state index in [1.807, 2.05) is 30.3 Å². The van der Waals surface area contributed by atoms with E-state index in [4.69, 9.17) is 0 Å². The third kappa shape index (κ3) is 2.70. The smallest absolute Gasteiger partial charge is 0.234 e. The van der Waals surface area contributed by atoms with Gasteiger partial charge in [-0.2, -0.15) is 13.2 Å². The van der Waals surface area contributed by atoms with Gasteiger partial charge in [-0.25, -0.2) is 19.5 Å². The molecule has 0 unspecified atom stereocenters. The molecule has 5 rings (SSSR count). The van der Waals surface area contributed by atoms with Crippen LogP contribution in [-0.2, 0) is 12.6 Å². The minimum atomic E-state index is -4.49. The molecule has 0 saturated carbocycles. The SMILES string of the molecule is Cc1cc(C(F)(F)F)nc2sc3c(ncn4nc(Cc5ccccc5)nc34)c12. The number of aryl methyl sites for hydroxylation is 1. The zero-order chi connectivity index (χ0) is 19.5. The summed E-state index contributed by atoms with van der Waals surface area (Å²) in [6.45, 7) is 1.64. The second-order valence-corrected chi connectivity index (χ2v) is 7.48. The predicted octanol–water partition coefficient (Wildman–Crippen LogP) is 4.81. The summed E-state index contributed by atoms with van der Waals surface area (Å²) in [5.41, 5.74) is 1.85. The molecule has 28 heavy (non-hydrogen) atoms. The second kappa shape index (κ2) is 5.96. The zero-order valence-electron chi connectivity index (χ0n) is 14.5. The monoisotopic (exact) mass is 399 g/mol. The van der Waals surface area contributed by atoms with Crippen LogP contribution in [0.5, 0.6) is 0 Å². The molecule has 4 heterocycles. The minimum absolute atomic E-state index is 0.301. The number of fused-ring (bicyclic) bond motifs is 5. The van der Waals surface area contributed by atoms with Gasteiger partial charge in [-0.1, -0.05) is 30.3 Å². The van der Waals surface area contributed by atoms with Crippen LogP contribution in [0.25, 0.3) is 26.1 Å². The lowest BCUT2D eigenvalue weighted by molar-refractivity contribution is -0.141. The minimum Gasteiger partial charge on any atom is -0.234 e. The van der Waals surface area contributed by atoms with Crippen LogP contribution in [0.1, 0.15) is 22.6 Å². The molecule has 1 aromatic carbocycles. The van der Waals surface area contributed by atoms with Gasteiger partial charge in [-0.3, -0.25) is 0 Å². The second-order valence-electron chi connectivity index (χ2n) is 6.49. The van der Waals surface area contributed by atoms with E-state index in [1.54, 1.807) is 17.8 Å². The van der Waals surface area contributed by atoms with Gasteiger partial charge in [0.25, 0.3) is 0 Å². The summed E-state index contributed by atoms with van der Waals surface area (Å²) in [6, 6.07) is 10.9. The van der Waals surface area contributed by atoms with Crippen molar-refractivity contribution in [2.24, 2.45) is 0 Å². The molecule has 0 aliphatic heterocycles. The summed E-state index contributed by atoms with van der Waals surface area (Å²) in [5, 5.41) is 5.08. The van der Waals surface area contributed by atoms with Crippen LogP contribution in [0.2, 0.25) is 0 Å². The maximum Gasteiger partial charge on any atom is 0.433 e. The summed E-state index contributed by atoms with van der Waals surface area (Å²) in [4.78, 5) is 13.1. The Morgan fingerprint density at radius 1 is 1.11 bits per heavy atom. The molecule has 0 spiro atoms. The average Bonchev–Trinajstić information content (AvgIpc) is 3.22. The number of hydrogen-bond donors (Lipinski definition) is 0. The standard InChI is InChI=1S/C19H12F3N5S/c1-10-7-12(19(20,21)22)24-18-14(10)15-16(28-18)17-25-13(26-27(17)9-23-15)8-11-5-3-2-4-6-11/h2-7,9H,8H2,1H3. The molecule has 0 atom stereocenters. The lowest BCUT2D eigenvalue weighted by atomic mass is 10.1. The number of benzene rings is 1. The van der Waals surface area contributed by atoms with Crippen molar-refractivity contribution in [3.63, 3.8) is 0 Å². The number of aromatic nitrogens is 5. The molecule has 0 saturated heterocycles. The Morgan fingerprint density at radius 2 is 1.89 bits per heavy atom. The van der Waals surface area contributed by atoms with Crippen molar-refractivity contribution in [1.82, 2.24) is 24.6 Å². The van der Waals surface area contributed by atoms with E-state index in [-0.39, 0.29) is 0 Å². The Bertz CT molecular complexity index is 1340. The first kappa shape index (κ1) is 17.1. The Morgan fingerprint density at radius 3 is 2.64 bits per heavy atom. The third-order valence-electron chi connectivity index (χ3n) is 4.50. The molecule has 0 amide bonds. The van der Waals surface area contributed by atoms with Gasteiger partial charge in [-0.15, -0.1) is 16.4 Å². The van der Waals surface area contributed by atoms with Crippen LogP contribution in [0.4, 0.5) is 13.2 Å². The topological polar surface area (TPSA) is 56.0 Å². The fourth-order valence-electron chi connectivity index (χ4n) is 3.25. The lowest BCUT2D eigenvalue weighted by Crippen LogP contribution is -2.07. The molecule has 140 valence electrons. The highest BCUT2D eigenvalue weighted by molar-refractivity contribution is 7.26. The highest BCUT2D eigenvalue weighted by atomic mass is 32.1. The van der Waals surface area contributed by atoms with E-state index >= 15 is 0 Å². The van der Waals surface area contributed by atoms with Gasteiger partial charge < -0.3 is 0 Å². The van der Waals surface area contributed by atoms with Crippen LogP contribution in [0.15, 0.2) is 42.7 Å². The van der Waals surface area contributed by atoms with Crippen molar-refractivity contribution in [3.05, 3.63) is 65.4 Å². The first-order valence-corrected chi connectivity index (χ1v) is 9.27. The van der Waals surface area contributed by atoms with E-state index < -0.39 is 11.9 Å². The first-order chi connectivity index (χ1) is 13.4. The molecule has 0 radical (unpaired) electrons. The first-order valence-electron chi connectivity index (χ1n) is 8.45. The van der Waals surface area contributed by atoms with Crippen LogP contribution in [-0.4, -0.2) is 24.6 Å². The zero-order valence-corrected chi connectivity index (χ0v) is 15.3. The van der Waals surface area contributed by atoms with Gasteiger partial charge in [-0.05, 0) is 24.1 Å². The van der Waals surface area contributed by atoms with Gasteiger partial charge in [0, 0.05) is 11.8 Å². The van der Waals surface area contributed by atoms with Crippen molar-refractivity contribution in [3.8, 4) is 0 Å².